The number of H-pyrrole nitrogens is 1. The van der Waals surface area contributed by atoms with E-state index in [1.807, 2.05) is 46.9 Å². The van der Waals surface area contributed by atoms with Crippen LogP contribution in [0.3, 0.4) is 0 Å². The van der Waals surface area contributed by atoms with E-state index in [0.29, 0.717) is 84.9 Å². The molecular weight excluding hydrogens is 1250 g/mol. The lowest BCUT2D eigenvalue weighted by atomic mass is 10.2. The Morgan fingerprint density at radius 3 is 1.47 bits per heavy atom. The number of imidazole rings is 1. The molecule has 0 radical (unpaired) electrons. The quantitative estimate of drug-likeness (QED) is 0.0182. The van der Waals surface area contributed by atoms with E-state index in [1.165, 1.54) is 44.8 Å². The number of anilines is 6. The summed E-state index contributed by atoms with van der Waals surface area (Å²) in [6, 6.07) is 29.6. The Balaban J connectivity index is 0.000000367. The number of methoxy groups -OCH3 is 8. The van der Waals surface area contributed by atoms with Crippen molar-refractivity contribution < 1.29 is 54.2 Å². The second-order valence-corrected chi connectivity index (χ2v) is 16.0. The van der Waals surface area contributed by atoms with E-state index in [4.69, 9.17) is 72.7 Å². The number of fused-ring (bicyclic) bond motifs is 1. The lowest BCUT2D eigenvalue weighted by molar-refractivity contribution is -0.385. The highest BCUT2D eigenvalue weighted by atomic mass is 127. The van der Waals surface area contributed by atoms with E-state index < -0.39 is 9.85 Å². The van der Waals surface area contributed by atoms with Gasteiger partial charge in [-0.15, -0.1) is 0 Å². The van der Waals surface area contributed by atoms with Crippen LogP contribution in [0.5, 0.6) is 46.0 Å². The van der Waals surface area contributed by atoms with E-state index in [9.17, 15) is 25.0 Å². The zero-order chi connectivity index (χ0) is 64.8. The van der Waals surface area contributed by atoms with E-state index in [0.717, 1.165) is 30.2 Å². The first-order chi connectivity index (χ1) is 42.0. The highest BCUT2D eigenvalue weighted by molar-refractivity contribution is 14.1. The summed E-state index contributed by atoms with van der Waals surface area (Å²) in [7, 11) is 13.6. The van der Waals surface area contributed by atoms with Crippen molar-refractivity contribution in [1.82, 2.24) is 29.5 Å². The predicted octanol–water partition coefficient (Wildman–Crippen LogP) is 11.0. The molecule has 9 aromatic rings. The Morgan fingerprint density at radius 2 is 1.00 bits per heavy atom. The summed E-state index contributed by atoms with van der Waals surface area (Å²) in [6.07, 6.45) is 11.7. The van der Waals surface area contributed by atoms with Crippen molar-refractivity contribution >= 4 is 90.7 Å². The third-order valence-corrected chi connectivity index (χ3v) is 11.0. The zero-order valence-corrected chi connectivity index (χ0v) is 51.2. The molecule has 456 valence electrons. The number of alkyl halides is 1. The van der Waals surface area contributed by atoms with E-state index in [-0.39, 0.29) is 22.1 Å². The average Bonchev–Trinajstić information content (AvgIpc) is 2.12. The maximum absolute atomic E-state index is 12.1. The maximum Gasteiger partial charge on any atom is 0.331 e. The van der Waals surface area contributed by atoms with Gasteiger partial charge in [0.25, 0.3) is 0 Å². The highest BCUT2D eigenvalue weighted by Crippen LogP contribution is 2.35. The minimum Gasteiger partial charge on any atom is -0.493 e. The van der Waals surface area contributed by atoms with Gasteiger partial charge in [0.2, 0.25) is 0 Å². The molecule has 4 aromatic carbocycles. The molecule has 0 atom stereocenters. The molecule has 9 rings (SSSR count). The van der Waals surface area contributed by atoms with Gasteiger partial charge in [-0.3, -0.25) is 44.7 Å². The van der Waals surface area contributed by atoms with Gasteiger partial charge in [-0.1, -0.05) is 34.2 Å². The number of hydrogen-bond donors (Lipinski definition) is 6. The lowest BCUT2D eigenvalue weighted by Crippen LogP contribution is -2.14. The number of ether oxygens (including phenoxy) is 8. The van der Waals surface area contributed by atoms with Crippen LogP contribution in [0.15, 0.2) is 151 Å². The number of aromatic nitrogens is 6. The SMILES string of the molecule is CC#N.CO.COc1ccc(-n2c(=O)[nH]c3cnccc32)cc1OC.COc1ccc(N)cc1OC.COc1ccc(Nc2ccncc2N)cc1OC.COc1ccc(Nc2ccncc2[N+](=O)[O-])cc1OC.O=[N+]([O-])c1cnccc1Cl.[2H]CI. The topological polar surface area (TPSA) is 370 Å². The minimum atomic E-state index is -0.574. The Hall–Kier alpha value is -10.4. The number of pyridine rings is 4. The highest BCUT2D eigenvalue weighted by Gasteiger charge is 2.16. The van der Waals surface area contributed by atoms with Crippen LogP contribution in [0.25, 0.3) is 16.7 Å². The number of nitriles is 1. The smallest absolute Gasteiger partial charge is 0.331 e. The van der Waals surface area contributed by atoms with E-state index >= 15 is 0 Å². The van der Waals surface area contributed by atoms with Crippen molar-refractivity contribution in [3.8, 4) is 57.8 Å². The van der Waals surface area contributed by atoms with Gasteiger partial charge in [-0.2, -0.15) is 5.26 Å². The van der Waals surface area contributed by atoms with Gasteiger partial charge in [0.15, 0.2) is 46.0 Å². The van der Waals surface area contributed by atoms with Crippen LogP contribution in [0.2, 0.25) is 5.02 Å². The molecule has 0 unspecified atom stereocenters. The Kier molecular flexibility index (Phi) is 31.8. The number of halogens is 2. The molecule has 0 amide bonds. The molecule has 0 saturated carbocycles. The monoisotopic (exact) mass is 1320 g/mol. The number of nitro groups is 2. The molecule has 0 saturated heterocycles. The molecule has 0 aliphatic rings. The fourth-order valence-electron chi connectivity index (χ4n) is 6.83. The average molecular weight is 1320 g/mol. The minimum absolute atomic E-state index is 0.0951. The molecule has 8 N–H and O–H groups in total. The van der Waals surface area contributed by atoms with E-state index in [2.05, 4.69) is 35.6 Å². The van der Waals surface area contributed by atoms with Gasteiger partial charge in [0.05, 0.1) is 113 Å². The van der Waals surface area contributed by atoms with Crippen molar-refractivity contribution in [3.05, 3.63) is 182 Å². The molecule has 29 heteroatoms. The van der Waals surface area contributed by atoms with Crippen molar-refractivity contribution in [2.45, 2.75) is 6.92 Å². The number of nitrogens with one attached hydrogen (secondary N) is 3. The number of aliphatic hydroxyl groups is 1. The van der Waals surface area contributed by atoms with Gasteiger partial charge >= 0.3 is 17.1 Å². The standard InChI is InChI=1S/C14H13N3O3.C13H13N3O4.C13H15N3O2.C8H11NO2.C5H3ClN2O2.C2H3N.CH3I.CH4O/c1-19-12-4-3-9(7-13(12)20-2)17-11-5-6-15-8-10(11)16-14(17)18;1-19-12-4-3-9(7-13(12)20-2)15-10-5-6-14-8-11(10)16(17)18;1-17-12-4-3-9(7-13(12)18-2)16-11-5-6-15-8-10(11)14;1-10-7-4-3-6(9)5-8(7)11-2;6-4-1-2-7-3-5(4)8(9)10;1-2-3;2*1-2/h3-8H,1-2H3,(H,16,18);3-8H,1-2H3,(H,14,15);3-8H,14H2,1-2H3,(H,15,16);3-5H,9H2,1-2H3;1-3H;1H3;1H3;2H,1H3/i;;;;;;1D;. The first-order valence-corrected chi connectivity index (χ1v) is 26.2. The van der Waals surface area contributed by atoms with Gasteiger partial charge in [-0.05, 0) is 77.7 Å². The predicted molar refractivity (Wildman–Crippen MR) is 339 cm³/mol. The molecule has 0 aliphatic carbocycles. The van der Waals surface area contributed by atoms with Crippen molar-refractivity contribution in [2.75, 3.05) is 91.0 Å². The van der Waals surface area contributed by atoms with Crippen LogP contribution in [-0.4, -0.2) is 113 Å². The fourth-order valence-corrected chi connectivity index (χ4v) is 7.01. The van der Waals surface area contributed by atoms with Crippen LogP contribution in [-0.2, 0) is 0 Å². The van der Waals surface area contributed by atoms with Crippen LogP contribution >= 0.6 is 34.2 Å². The van der Waals surface area contributed by atoms with Gasteiger partial charge in [0.1, 0.15) is 23.1 Å². The van der Waals surface area contributed by atoms with Crippen molar-refractivity contribution in [3.63, 3.8) is 0 Å². The fraction of sp³-hybridized carbons (Fsp3) is 0.193. The van der Waals surface area contributed by atoms with Crippen LogP contribution in [0.4, 0.5) is 45.5 Å². The third-order valence-electron chi connectivity index (χ3n) is 10.6. The number of benzene rings is 4. The number of nitrogen functional groups attached to an aromatic ring is 2. The van der Waals surface area contributed by atoms with Gasteiger partial charge < -0.3 is 70.1 Å². The Morgan fingerprint density at radius 1 is 0.605 bits per heavy atom. The summed E-state index contributed by atoms with van der Waals surface area (Å²) in [5.74, 6) is 5.01. The summed E-state index contributed by atoms with van der Waals surface area (Å²) >= 11 is 7.39. The van der Waals surface area contributed by atoms with Gasteiger partial charge in [-0.25, -0.2) is 4.79 Å². The second kappa shape index (κ2) is 39.2. The Labute approximate surface area is 515 Å². The number of aromatic amines is 1. The first kappa shape index (κ1) is 69.9. The van der Waals surface area contributed by atoms with Gasteiger partial charge in [0, 0.05) is 81.5 Å². The molecule has 0 bridgehead atoms. The normalized spacial score (nSPS) is 9.51. The molecule has 5 heterocycles. The Bertz CT molecular complexity index is 3670. The van der Waals surface area contributed by atoms with E-state index in [1.54, 1.807) is 146 Å². The first-order valence-electron chi connectivity index (χ1n) is 25.0. The van der Waals surface area contributed by atoms with Crippen LogP contribution < -0.4 is 65.7 Å². The maximum atomic E-state index is 12.1. The second-order valence-electron chi connectivity index (χ2n) is 15.6. The summed E-state index contributed by atoms with van der Waals surface area (Å²) in [4.78, 5) is 50.5. The number of rotatable bonds is 15. The van der Waals surface area contributed by atoms with Crippen molar-refractivity contribution in [1.29, 1.82) is 5.26 Å². The summed E-state index contributed by atoms with van der Waals surface area (Å²) in [6.45, 7) is 1.43. The molecule has 0 spiro atoms. The number of nitrogens with two attached hydrogens (primary N) is 2. The molecule has 86 heavy (non-hydrogen) atoms. The molecule has 0 aliphatic heterocycles. The van der Waals surface area contributed by atoms with Crippen LogP contribution in [0, 0.1) is 31.6 Å². The number of hydrogen-bond acceptors (Lipinski definition) is 23. The largest absolute Gasteiger partial charge is 0.493 e. The number of aliphatic hydroxyl groups excluding tert-OH is 1. The summed E-state index contributed by atoms with van der Waals surface area (Å²) < 4.78 is 49.0. The third kappa shape index (κ3) is 21.7. The lowest BCUT2D eigenvalue weighted by Gasteiger charge is -2.12. The zero-order valence-electron chi connectivity index (χ0n) is 49.3. The molecule has 5 aromatic heterocycles. The number of nitrogens with zero attached hydrogens (tertiary/aromatic N) is 8. The summed E-state index contributed by atoms with van der Waals surface area (Å²) in [5.41, 5.74) is 16.9. The van der Waals surface area contributed by atoms with Crippen LogP contribution in [0.1, 0.15) is 8.29 Å². The van der Waals surface area contributed by atoms with Crippen molar-refractivity contribution in [2.24, 2.45) is 0 Å². The molecule has 27 nitrogen and oxygen atoms in total. The molecular formula is C57H65ClIN13O14. The summed E-state index contributed by atoms with van der Waals surface area (Å²) in [5, 5.41) is 41.6. The molecule has 0 fully saturated rings.